The van der Waals surface area contributed by atoms with Gasteiger partial charge in [-0.1, -0.05) is 38.1 Å². The van der Waals surface area contributed by atoms with Crippen LogP contribution in [-0.4, -0.2) is 63.7 Å². The maximum atomic E-state index is 13.8. The molecule has 0 saturated heterocycles. The molecule has 0 radical (unpaired) electrons. The number of cyclic esters (lactones) is 1. The maximum Gasteiger partial charge on any atom is 0.355 e. The third-order valence-electron chi connectivity index (χ3n) is 8.44. The van der Waals surface area contributed by atoms with E-state index < -0.39 is 53.9 Å². The molecule has 1 unspecified atom stereocenters. The van der Waals surface area contributed by atoms with Gasteiger partial charge in [-0.25, -0.2) is 9.78 Å². The second kappa shape index (κ2) is 13.7. The van der Waals surface area contributed by atoms with Crippen molar-refractivity contribution in [3.05, 3.63) is 75.6 Å². The zero-order valence-electron chi connectivity index (χ0n) is 26.4. The number of hydrogen-bond donors (Lipinski definition) is 2. The number of unbranched alkanes of at least 4 members (excludes halogenated alkanes) is 2. The summed E-state index contributed by atoms with van der Waals surface area (Å²) in [7, 11) is 0. The van der Waals surface area contributed by atoms with Gasteiger partial charge in [-0.15, -0.1) is 0 Å². The molecule has 1 aromatic carbocycles. The van der Waals surface area contributed by atoms with Crippen LogP contribution in [0.3, 0.4) is 0 Å². The molecule has 2 aliphatic heterocycles. The standard InChI is InChI=1S/C34H37N5O8/c1-4-34(47-29(42)18-39(27(40)12-6-5-9-13-35)28(41)16-36-31(43)20(2)3)24-15-26-30-22(14-21-10-7-8-11-25(21)37-30)17-38(26)32(44)23(24)19-46-33(34)45/h7-8,10-11,14-15H,2,4-6,9,12-13,16-19,35H2,1,3H3,(H,36,43). The van der Waals surface area contributed by atoms with E-state index >= 15 is 0 Å². The Labute approximate surface area is 270 Å². The molecule has 3 amide bonds. The number of rotatable bonds is 12. The molecule has 0 bridgehead atoms. The van der Waals surface area contributed by atoms with Crippen molar-refractivity contribution in [1.82, 2.24) is 19.8 Å². The van der Waals surface area contributed by atoms with E-state index in [2.05, 4.69) is 11.9 Å². The van der Waals surface area contributed by atoms with Crippen LogP contribution in [0.1, 0.15) is 62.6 Å². The van der Waals surface area contributed by atoms with Crippen molar-refractivity contribution in [2.75, 3.05) is 19.6 Å². The Bertz CT molecular complexity index is 1860. The minimum Gasteiger partial charge on any atom is -0.457 e. The lowest BCUT2D eigenvalue weighted by molar-refractivity contribution is -0.190. The van der Waals surface area contributed by atoms with E-state index in [4.69, 9.17) is 20.2 Å². The predicted molar refractivity (Wildman–Crippen MR) is 170 cm³/mol. The molecule has 13 nitrogen and oxygen atoms in total. The number of carbonyl (C=O) groups is 5. The lowest BCUT2D eigenvalue weighted by Gasteiger charge is -2.36. The largest absolute Gasteiger partial charge is 0.457 e. The molecule has 1 atom stereocenters. The van der Waals surface area contributed by atoms with Crippen molar-refractivity contribution in [3.63, 3.8) is 0 Å². The quantitative estimate of drug-likeness (QED) is 0.132. The molecule has 2 aliphatic rings. The Kier molecular flexibility index (Phi) is 9.66. The van der Waals surface area contributed by atoms with Gasteiger partial charge in [-0.2, -0.15) is 0 Å². The summed E-state index contributed by atoms with van der Waals surface area (Å²) in [5.41, 5.74) is 6.20. The summed E-state index contributed by atoms with van der Waals surface area (Å²) < 4.78 is 12.8. The Hall–Kier alpha value is -5.17. The van der Waals surface area contributed by atoms with Gasteiger partial charge in [-0.05, 0) is 50.9 Å². The van der Waals surface area contributed by atoms with Gasteiger partial charge >= 0.3 is 11.9 Å². The number of nitrogens with zero attached hydrogens (tertiary/aromatic N) is 3. The number of nitrogens with one attached hydrogen (secondary N) is 1. The lowest BCUT2D eigenvalue weighted by Crippen LogP contribution is -2.50. The number of pyridine rings is 2. The first-order chi connectivity index (χ1) is 22.5. The highest BCUT2D eigenvalue weighted by Gasteiger charge is 2.50. The number of aromatic nitrogens is 2. The highest BCUT2D eigenvalue weighted by Crippen LogP contribution is 2.41. The summed E-state index contributed by atoms with van der Waals surface area (Å²) in [4.78, 5) is 84.5. The number of ether oxygens (including phenoxy) is 2. The van der Waals surface area contributed by atoms with Gasteiger partial charge in [0.15, 0.2) is 0 Å². The predicted octanol–water partition coefficient (Wildman–Crippen LogP) is 2.20. The molecule has 0 saturated carbocycles. The number of benzene rings is 1. The highest BCUT2D eigenvalue weighted by atomic mass is 16.6. The molecule has 47 heavy (non-hydrogen) atoms. The Morgan fingerprint density at radius 1 is 1.13 bits per heavy atom. The van der Waals surface area contributed by atoms with E-state index in [0.29, 0.717) is 42.1 Å². The number of nitrogens with two attached hydrogens (primary N) is 1. The van der Waals surface area contributed by atoms with Gasteiger partial charge in [0.25, 0.3) is 5.56 Å². The molecular weight excluding hydrogens is 606 g/mol. The van der Waals surface area contributed by atoms with E-state index in [-0.39, 0.29) is 42.7 Å². The third kappa shape index (κ3) is 6.43. The van der Waals surface area contributed by atoms with Crippen molar-refractivity contribution in [3.8, 4) is 11.4 Å². The van der Waals surface area contributed by atoms with E-state index in [1.807, 2.05) is 30.3 Å². The van der Waals surface area contributed by atoms with Gasteiger partial charge in [-0.3, -0.25) is 28.9 Å². The average molecular weight is 644 g/mol. The van der Waals surface area contributed by atoms with Crippen molar-refractivity contribution < 1.29 is 33.4 Å². The van der Waals surface area contributed by atoms with Gasteiger partial charge in [0.2, 0.25) is 23.3 Å². The molecule has 0 aliphatic carbocycles. The van der Waals surface area contributed by atoms with Crippen molar-refractivity contribution >= 4 is 40.6 Å². The molecule has 0 spiro atoms. The van der Waals surface area contributed by atoms with E-state index in [9.17, 15) is 28.8 Å². The second-order valence-electron chi connectivity index (χ2n) is 11.7. The summed E-state index contributed by atoms with van der Waals surface area (Å²) in [6, 6.07) is 11.2. The second-order valence-corrected chi connectivity index (χ2v) is 11.7. The van der Waals surface area contributed by atoms with Gasteiger partial charge in [0, 0.05) is 28.5 Å². The lowest BCUT2D eigenvalue weighted by atomic mass is 9.85. The van der Waals surface area contributed by atoms with Crippen molar-refractivity contribution in [2.24, 2.45) is 5.73 Å². The van der Waals surface area contributed by atoms with Gasteiger partial charge in [0.05, 0.1) is 35.6 Å². The monoisotopic (exact) mass is 643 g/mol. The summed E-state index contributed by atoms with van der Waals surface area (Å²) in [6.07, 6.45) is 1.59. The van der Waals surface area contributed by atoms with Crippen LogP contribution in [0.2, 0.25) is 0 Å². The maximum absolute atomic E-state index is 13.8. The van der Waals surface area contributed by atoms with Crippen molar-refractivity contribution in [1.29, 1.82) is 0 Å². The SMILES string of the molecule is C=C(C)C(=O)NCC(=O)N(CC(=O)OC1(CC)C(=O)OCc2c1cc1n(c2=O)Cc2cc3ccccc3nc2-1)C(=O)CCCCCN. The number of hydrogen-bond acceptors (Lipinski definition) is 10. The molecule has 3 N–H and O–H groups in total. The molecule has 5 rings (SSSR count). The minimum absolute atomic E-state index is 0.0543. The van der Waals surface area contributed by atoms with Crippen LogP contribution in [0.15, 0.2) is 53.3 Å². The van der Waals surface area contributed by atoms with Crippen LogP contribution in [0.4, 0.5) is 0 Å². The fraction of sp³-hybridized carbons (Fsp3) is 0.382. The number of fused-ring (bicyclic) bond motifs is 5. The Morgan fingerprint density at radius 2 is 1.89 bits per heavy atom. The van der Waals surface area contributed by atoms with Crippen LogP contribution in [0, 0.1) is 0 Å². The number of esters is 2. The van der Waals surface area contributed by atoms with Crippen LogP contribution in [0.25, 0.3) is 22.3 Å². The summed E-state index contributed by atoms with van der Waals surface area (Å²) in [5, 5.41) is 3.28. The van der Waals surface area contributed by atoms with Crippen molar-refractivity contribution in [2.45, 2.75) is 64.7 Å². The molecule has 0 fully saturated rings. The smallest absolute Gasteiger partial charge is 0.355 e. The number of amides is 3. The first kappa shape index (κ1) is 33.2. The normalized spacial score (nSPS) is 16.0. The summed E-state index contributed by atoms with van der Waals surface area (Å²) in [6.45, 7) is 5.59. The van der Waals surface area contributed by atoms with Gasteiger partial charge in [0.1, 0.15) is 13.2 Å². The van der Waals surface area contributed by atoms with E-state index in [1.165, 1.54) is 6.92 Å². The van der Waals surface area contributed by atoms with Crippen LogP contribution in [0.5, 0.6) is 0 Å². The first-order valence-electron chi connectivity index (χ1n) is 15.5. The third-order valence-corrected chi connectivity index (χ3v) is 8.44. The Balaban J connectivity index is 1.46. The summed E-state index contributed by atoms with van der Waals surface area (Å²) in [5.74, 6) is -4.04. The molecule has 4 heterocycles. The average Bonchev–Trinajstić information content (AvgIpc) is 3.42. The molecule has 3 aromatic rings. The molecule has 13 heteroatoms. The summed E-state index contributed by atoms with van der Waals surface area (Å²) >= 11 is 0. The number of para-hydroxylation sites is 1. The molecule has 246 valence electrons. The fourth-order valence-corrected chi connectivity index (χ4v) is 5.89. The fourth-order valence-electron chi connectivity index (χ4n) is 5.89. The zero-order valence-corrected chi connectivity index (χ0v) is 26.4. The topological polar surface area (TPSA) is 180 Å². The highest BCUT2D eigenvalue weighted by molar-refractivity contribution is 6.01. The zero-order chi connectivity index (χ0) is 33.9. The molecule has 2 aromatic heterocycles. The molecular formula is C34H37N5O8. The van der Waals surface area contributed by atoms with Crippen LogP contribution >= 0.6 is 0 Å². The first-order valence-corrected chi connectivity index (χ1v) is 15.5. The van der Waals surface area contributed by atoms with E-state index in [1.54, 1.807) is 17.6 Å². The van der Waals surface area contributed by atoms with Crippen LogP contribution < -0.4 is 16.6 Å². The van der Waals surface area contributed by atoms with Gasteiger partial charge < -0.3 is 25.1 Å². The number of carbonyl (C=O) groups excluding carboxylic acids is 5. The number of imide groups is 1. The Morgan fingerprint density at radius 3 is 2.62 bits per heavy atom. The van der Waals surface area contributed by atoms with E-state index in [0.717, 1.165) is 16.5 Å². The van der Waals surface area contributed by atoms with Crippen LogP contribution in [-0.2, 0) is 52.2 Å². The minimum atomic E-state index is -2.02.